The Labute approximate surface area is 114 Å². The number of anilines is 1. The molecule has 0 saturated carbocycles. The summed E-state index contributed by atoms with van der Waals surface area (Å²) >= 11 is 5.61. The van der Waals surface area contributed by atoms with Crippen molar-refractivity contribution in [3.8, 4) is 11.3 Å². The summed E-state index contributed by atoms with van der Waals surface area (Å²) in [6.45, 7) is 0. The second kappa shape index (κ2) is 4.62. The highest BCUT2D eigenvalue weighted by molar-refractivity contribution is 6.33. The van der Waals surface area contributed by atoms with Gasteiger partial charge in [0, 0.05) is 18.7 Å². The van der Waals surface area contributed by atoms with E-state index in [1.807, 2.05) is 0 Å². The molecule has 3 nitrogen and oxygen atoms in total. The number of benzene rings is 1. The molecule has 0 spiro atoms. The minimum absolute atomic E-state index is 0.403. The molecular weight excluding hydrogens is 305 g/mol. The normalized spacial score (nSPS) is 11.9. The Kier molecular flexibility index (Phi) is 3.37. The highest BCUT2D eigenvalue weighted by Crippen LogP contribution is 2.40. The summed E-state index contributed by atoms with van der Waals surface area (Å²) in [4.78, 5) is 0. The predicted octanol–water partition coefficient (Wildman–Crippen LogP) is 3.62. The van der Waals surface area contributed by atoms with E-state index in [1.165, 1.54) is 0 Å². The Morgan fingerprint density at radius 3 is 2.30 bits per heavy atom. The summed E-state index contributed by atoms with van der Waals surface area (Å²) in [6.07, 6.45) is -4.75. The van der Waals surface area contributed by atoms with Gasteiger partial charge < -0.3 is 5.73 Å². The summed E-state index contributed by atoms with van der Waals surface area (Å²) in [5, 5.41) is 2.75. The van der Waals surface area contributed by atoms with Crippen LogP contribution in [0.15, 0.2) is 12.1 Å². The van der Waals surface area contributed by atoms with Gasteiger partial charge in [0.1, 0.15) is 17.3 Å². The van der Waals surface area contributed by atoms with Gasteiger partial charge in [-0.25, -0.2) is 8.78 Å². The molecule has 1 aromatic carbocycles. The van der Waals surface area contributed by atoms with Gasteiger partial charge in [0.05, 0.1) is 10.7 Å². The van der Waals surface area contributed by atoms with E-state index in [9.17, 15) is 22.0 Å². The van der Waals surface area contributed by atoms with Crippen LogP contribution in [-0.4, -0.2) is 9.78 Å². The number of halogens is 6. The van der Waals surface area contributed by atoms with Crippen LogP contribution in [-0.2, 0) is 13.2 Å². The fraction of sp³-hybridized carbons (Fsp3) is 0.182. The molecule has 9 heteroatoms. The van der Waals surface area contributed by atoms with Crippen LogP contribution < -0.4 is 5.73 Å². The molecule has 0 aliphatic heterocycles. The van der Waals surface area contributed by atoms with Gasteiger partial charge in [-0.1, -0.05) is 11.6 Å². The lowest BCUT2D eigenvalue weighted by atomic mass is 10.1. The van der Waals surface area contributed by atoms with Crippen LogP contribution >= 0.6 is 11.6 Å². The van der Waals surface area contributed by atoms with Gasteiger partial charge in [0.15, 0.2) is 5.69 Å². The maximum atomic E-state index is 13.6. The number of nitrogen functional groups attached to an aromatic ring is 1. The van der Waals surface area contributed by atoms with Crippen molar-refractivity contribution < 1.29 is 22.0 Å². The van der Waals surface area contributed by atoms with Gasteiger partial charge in [0.2, 0.25) is 0 Å². The fourth-order valence-corrected chi connectivity index (χ4v) is 2.09. The van der Waals surface area contributed by atoms with E-state index >= 15 is 0 Å². The van der Waals surface area contributed by atoms with Crippen LogP contribution in [0.25, 0.3) is 11.3 Å². The lowest BCUT2D eigenvalue weighted by Gasteiger charge is -2.06. The number of hydrogen-bond acceptors (Lipinski definition) is 2. The molecule has 0 aliphatic rings. The predicted molar refractivity (Wildman–Crippen MR) is 63.0 cm³/mol. The molecule has 108 valence electrons. The molecule has 0 atom stereocenters. The molecule has 0 saturated heterocycles. The molecule has 0 aliphatic carbocycles. The zero-order valence-electron chi connectivity index (χ0n) is 9.89. The van der Waals surface area contributed by atoms with Gasteiger partial charge in [-0.3, -0.25) is 4.68 Å². The molecule has 0 fully saturated rings. The minimum atomic E-state index is -4.75. The highest BCUT2D eigenvalue weighted by Gasteiger charge is 2.39. The number of aromatic nitrogens is 2. The molecule has 1 aromatic heterocycles. The largest absolute Gasteiger partial charge is 0.434 e. The highest BCUT2D eigenvalue weighted by atomic mass is 35.5. The Morgan fingerprint density at radius 1 is 1.20 bits per heavy atom. The lowest BCUT2D eigenvalue weighted by molar-refractivity contribution is -0.143. The first kappa shape index (κ1) is 14.6. The maximum absolute atomic E-state index is 13.6. The van der Waals surface area contributed by atoms with Crippen molar-refractivity contribution >= 4 is 17.3 Å². The Balaban J connectivity index is 2.70. The van der Waals surface area contributed by atoms with Crippen LogP contribution in [0.5, 0.6) is 0 Å². The van der Waals surface area contributed by atoms with Crippen molar-refractivity contribution in [3.05, 3.63) is 34.5 Å². The Morgan fingerprint density at radius 2 is 1.80 bits per heavy atom. The molecule has 2 rings (SSSR count). The fourth-order valence-electron chi connectivity index (χ4n) is 1.73. The monoisotopic (exact) mass is 311 g/mol. The van der Waals surface area contributed by atoms with Gasteiger partial charge in [-0.2, -0.15) is 18.3 Å². The summed E-state index contributed by atoms with van der Waals surface area (Å²) in [5.41, 5.74) is 2.76. The van der Waals surface area contributed by atoms with Gasteiger partial charge in [0.25, 0.3) is 0 Å². The first-order chi connectivity index (χ1) is 9.12. The third kappa shape index (κ3) is 2.31. The van der Waals surface area contributed by atoms with Crippen LogP contribution in [0.2, 0.25) is 5.02 Å². The first-order valence-electron chi connectivity index (χ1n) is 5.17. The van der Waals surface area contributed by atoms with Gasteiger partial charge in [-0.05, 0) is 6.07 Å². The van der Waals surface area contributed by atoms with E-state index in [1.54, 1.807) is 0 Å². The number of hydrogen-bond donors (Lipinski definition) is 1. The molecule has 2 aromatic rings. The molecular formula is C11H7ClF5N3. The Hall–Kier alpha value is -1.83. The Bertz CT molecular complexity index is 678. The zero-order chi connectivity index (χ0) is 15.2. The van der Waals surface area contributed by atoms with E-state index in [0.717, 1.165) is 13.1 Å². The average Bonchev–Trinajstić information content (AvgIpc) is 2.58. The van der Waals surface area contributed by atoms with Crippen LogP contribution in [0.1, 0.15) is 5.69 Å². The number of aryl methyl sites for hydroxylation is 1. The summed E-state index contributed by atoms with van der Waals surface area (Å²) < 4.78 is 65.5. The standard InChI is InChI=1S/C11H7ClF5N3/c1-20-10(11(15,16)17)8(12)9(19-20)4-2-7(18)6(14)3-5(4)13/h2-3H,18H2,1H3. The number of rotatable bonds is 1. The van der Waals surface area contributed by atoms with Crippen LogP contribution in [0.4, 0.5) is 27.6 Å². The maximum Gasteiger partial charge on any atom is 0.434 e. The molecule has 0 radical (unpaired) electrons. The van der Waals surface area contributed by atoms with Crippen molar-refractivity contribution in [3.63, 3.8) is 0 Å². The van der Waals surface area contributed by atoms with E-state index < -0.39 is 45.5 Å². The molecule has 0 unspecified atom stereocenters. The van der Waals surface area contributed by atoms with Crippen molar-refractivity contribution in [1.29, 1.82) is 0 Å². The molecule has 1 heterocycles. The van der Waals surface area contributed by atoms with Crippen LogP contribution in [0.3, 0.4) is 0 Å². The average molecular weight is 312 g/mol. The quantitative estimate of drug-likeness (QED) is 0.646. The molecule has 2 N–H and O–H groups in total. The topological polar surface area (TPSA) is 43.8 Å². The summed E-state index contributed by atoms with van der Waals surface area (Å²) in [7, 11) is 1.02. The molecule has 20 heavy (non-hydrogen) atoms. The van der Waals surface area contributed by atoms with E-state index in [4.69, 9.17) is 17.3 Å². The van der Waals surface area contributed by atoms with Crippen molar-refractivity contribution in [1.82, 2.24) is 9.78 Å². The number of nitrogens with zero attached hydrogens (tertiary/aromatic N) is 2. The first-order valence-corrected chi connectivity index (χ1v) is 5.55. The second-order valence-electron chi connectivity index (χ2n) is 3.99. The van der Waals surface area contributed by atoms with Gasteiger partial charge >= 0.3 is 6.18 Å². The van der Waals surface area contributed by atoms with Crippen molar-refractivity contribution in [2.75, 3.05) is 5.73 Å². The molecule has 0 bridgehead atoms. The van der Waals surface area contributed by atoms with E-state index in [0.29, 0.717) is 10.7 Å². The third-order valence-corrected chi connectivity index (χ3v) is 2.96. The minimum Gasteiger partial charge on any atom is -0.396 e. The van der Waals surface area contributed by atoms with Crippen molar-refractivity contribution in [2.24, 2.45) is 7.05 Å². The smallest absolute Gasteiger partial charge is 0.396 e. The molecule has 0 amide bonds. The second-order valence-corrected chi connectivity index (χ2v) is 4.36. The number of alkyl halides is 3. The SMILES string of the molecule is Cn1nc(-c2cc(N)c(F)cc2F)c(Cl)c1C(F)(F)F. The van der Waals surface area contributed by atoms with E-state index in [2.05, 4.69) is 5.10 Å². The third-order valence-electron chi connectivity index (χ3n) is 2.60. The van der Waals surface area contributed by atoms with E-state index in [-0.39, 0.29) is 0 Å². The zero-order valence-corrected chi connectivity index (χ0v) is 10.7. The van der Waals surface area contributed by atoms with Crippen LogP contribution in [0, 0.1) is 11.6 Å². The summed E-state index contributed by atoms with van der Waals surface area (Å²) in [6, 6.07) is 1.31. The number of nitrogens with two attached hydrogens (primary N) is 1. The van der Waals surface area contributed by atoms with Crippen molar-refractivity contribution in [2.45, 2.75) is 6.18 Å². The lowest BCUT2D eigenvalue weighted by Crippen LogP contribution is -2.12. The summed E-state index contributed by atoms with van der Waals surface area (Å²) in [5.74, 6) is -2.13. The van der Waals surface area contributed by atoms with Gasteiger partial charge in [-0.15, -0.1) is 0 Å².